The number of carbonyl (C=O) groups is 1. The first kappa shape index (κ1) is 23.9. The molecule has 174 valence electrons. The van der Waals surface area contributed by atoms with Crippen molar-refractivity contribution in [3.8, 4) is 0 Å². The number of rotatable bonds is 7. The lowest BCUT2D eigenvalue weighted by atomic mass is 9.83. The predicted molar refractivity (Wildman–Crippen MR) is 128 cm³/mol. The number of allylic oxidation sites excluding steroid dienone is 4. The van der Waals surface area contributed by atoms with Gasteiger partial charge in [0.2, 0.25) is 0 Å². The van der Waals surface area contributed by atoms with Gasteiger partial charge in [0.05, 0.1) is 24.0 Å². The minimum absolute atomic E-state index is 0.0305. The van der Waals surface area contributed by atoms with Crippen molar-refractivity contribution in [3.63, 3.8) is 0 Å². The first-order chi connectivity index (χ1) is 15.1. The van der Waals surface area contributed by atoms with Gasteiger partial charge in [-0.3, -0.25) is 4.79 Å². The monoisotopic (exact) mass is 440 g/mol. The highest BCUT2D eigenvalue weighted by Gasteiger charge is 2.36. The van der Waals surface area contributed by atoms with Crippen LogP contribution in [-0.4, -0.2) is 40.7 Å². The van der Waals surface area contributed by atoms with Gasteiger partial charge in [-0.1, -0.05) is 59.1 Å². The van der Waals surface area contributed by atoms with Gasteiger partial charge in [0.15, 0.2) is 5.43 Å². The highest BCUT2D eigenvalue weighted by molar-refractivity contribution is 5.87. The van der Waals surface area contributed by atoms with Gasteiger partial charge in [-0.05, 0) is 23.5 Å². The van der Waals surface area contributed by atoms with E-state index in [0.29, 0.717) is 13.0 Å². The van der Waals surface area contributed by atoms with Crippen molar-refractivity contribution in [1.82, 2.24) is 9.47 Å². The molecule has 0 spiro atoms. The van der Waals surface area contributed by atoms with Crippen LogP contribution >= 0.6 is 0 Å². The third-order valence-corrected chi connectivity index (χ3v) is 6.25. The average molecular weight is 441 g/mol. The number of fused-ring (bicyclic) bond motifs is 1. The number of hydrogen-bond acceptors (Lipinski definition) is 4. The van der Waals surface area contributed by atoms with E-state index in [4.69, 9.17) is 4.74 Å². The molecule has 6 heteroatoms. The van der Waals surface area contributed by atoms with E-state index >= 15 is 0 Å². The van der Waals surface area contributed by atoms with E-state index in [2.05, 4.69) is 38.7 Å². The molecule has 0 amide bonds. The van der Waals surface area contributed by atoms with Gasteiger partial charge in [-0.25, -0.2) is 4.79 Å². The second-order valence-electron chi connectivity index (χ2n) is 9.86. The largest absolute Gasteiger partial charge is 0.498 e. The van der Waals surface area contributed by atoms with E-state index in [0.717, 1.165) is 35.7 Å². The normalized spacial score (nSPS) is 20.7. The molecular weight excluding hydrogens is 404 g/mol. The Hall–Kier alpha value is -2.76. The van der Waals surface area contributed by atoms with E-state index in [1.54, 1.807) is 0 Å². The summed E-state index contributed by atoms with van der Waals surface area (Å²) in [4.78, 5) is 26.5. The zero-order chi connectivity index (χ0) is 23.5. The summed E-state index contributed by atoms with van der Waals surface area (Å²) in [5.74, 6) is -0.265. The summed E-state index contributed by atoms with van der Waals surface area (Å²) < 4.78 is 8.03. The molecule has 3 rings (SSSR count). The van der Waals surface area contributed by atoms with E-state index in [-0.39, 0.29) is 17.0 Å². The van der Waals surface area contributed by atoms with Crippen LogP contribution in [0, 0.1) is 5.41 Å². The van der Waals surface area contributed by atoms with Crippen LogP contribution in [0.15, 0.2) is 46.6 Å². The lowest BCUT2D eigenvalue weighted by molar-refractivity contribution is 0.0693. The maximum absolute atomic E-state index is 12.6. The quantitative estimate of drug-likeness (QED) is 0.588. The molecular formula is C26H36N2O4. The Morgan fingerprint density at radius 2 is 2.00 bits per heavy atom. The third-order valence-electron chi connectivity index (χ3n) is 6.25. The molecule has 0 aromatic carbocycles. The summed E-state index contributed by atoms with van der Waals surface area (Å²) in [6, 6.07) is 1.51. The molecule has 0 saturated carbocycles. The van der Waals surface area contributed by atoms with Crippen LogP contribution in [0.5, 0.6) is 0 Å². The topological polar surface area (TPSA) is 71.8 Å². The summed E-state index contributed by atoms with van der Waals surface area (Å²) >= 11 is 0. The number of nitrogens with zero attached hydrogens (tertiary/aromatic N) is 2. The molecule has 1 aliphatic carbocycles. The summed E-state index contributed by atoms with van der Waals surface area (Å²) in [6.07, 6.45) is 12.9. The Kier molecular flexibility index (Phi) is 7.32. The third kappa shape index (κ3) is 5.17. The van der Waals surface area contributed by atoms with E-state index < -0.39 is 11.4 Å². The van der Waals surface area contributed by atoms with Crippen LogP contribution in [0.4, 0.5) is 0 Å². The summed E-state index contributed by atoms with van der Waals surface area (Å²) in [6.45, 7) is 10.0. The SMILES string of the molecule is CCCCCCOC1=CC=C/C(=C2\c3cc(=O)c(C(=O)O)cn3C(C(C)(C)C)CN2C)C1. The minimum atomic E-state index is -1.19. The van der Waals surface area contributed by atoms with Gasteiger partial charge in [0.1, 0.15) is 11.3 Å². The number of carboxylic acid groups (broad SMARTS) is 1. The number of aromatic carboxylic acids is 1. The van der Waals surface area contributed by atoms with Crippen LogP contribution in [0.1, 0.15) is 81.9 Å². The van der Waals surface area contributed by atoms with E-state index in [9.17, 15) is 14.7 Å². The Morgan fingerprint density at radius 3 is 2.66 bits per heavy atom. The smallest absolute Gasteiger partial charge is 0.341 e. The van der Waals surface area contributed by atoms with Crippen LogP contribution in [0.2, 0.25) is 0 Å². The van der Waals surface area contributed by atoms with Gasteiger partial charge in [0, 0.05) is 32.3 Å². The Bertz CT molecular complexity index is 1010. The van der Waals surface area contributed by atoms with E-state index in [1.165, 1.54) is 31.5 Å². The van der Waals surface area contributed by atoms with E-state index in [1.807, 2.05) is 23.8 Å². The van der Waals surface area contributed by atoms with Crippen molar-refractivity contribution < 1.29 is 14.6 Å². The van der Waals surface area contributed by atoms with Crippen molar-refractivity contribution in [2.24, 2.45) is 5.41 Å². The minimum Gasteiger partial charge on any atom is -0.498 e. The molecule has 1 unspecified atom stereocenters. The fraction of sp³-hybridized carbons (Fsp3) is 0.538. The molecule has 1 N–H and O–H groups in total. The molecule has 1 aliphatic heterocycles. The molecule has 32 heavy (non-hydrogen) atoms. The van der Waals surface area contributed by atoms with Gasteiger partial charge >= 0.3 is 5.97 Å². The fourth-order valence-electron chi connectivity index (χ4n) is 4.46. The van der Waals surface area contributed by atoms with Gasteiger partial charge < -0.3 is 19.3 Å². The van der Waals surface area contributed by atoms with Crippen molar-refractivity contribution in [1.29, 1.82) is 0 Å². The van der Waals surface area contributed by atoms with Crippen molar-refractivity contribution in [2.75, 3.05) is 20.2 Å². The number of likely N-dealkylation sites (N-methyl/N-ethyl adjacent to an activating group) is 1. The van der Waals surface area contributed by atoms with Crippen LogP contribution in [0.25, 0.3) is 5.70 Å². The van der Waals surface area contributed by atoms with Crippen molar-refractivity contribution in [2.45, 2.75) is 65.8 Å². The Labute approximate surface area is 190 Å². The molecule has 0 fully saturated rings. The molecule has 2 aliphatic rings. The molecule has 0 radical (unpaired) electrons. The number of hydrogen-bond donors (Lipinski definition) is 1. The standard InChI is InChI=1S/C26H36N2O4/c1-6-7-8-9-13-32-19-12-10-11-18(14-19)24-21-15-22(29)20(25(30)31)16-28(21)23(17-27(24)5)26(2,3)4/h10-12,15-16,23H,6-9,13-14,17H2,1-5H3,(H,30,31)/b24-18-. The summed E-state index contributed by atoms with van der Waals surface area (Å²) in [5.41, 5.74) is 2.02. The van der Waals surface area contributed by atoms with Gasteiger partial charge in [-0.15, -0.1) is 0 Å². The Balaban J connectivity index is 1.99. The van der Waals surface area contributed by atoms with Gasteiger partial charge in [0.25, 0.3) is 0 Å². The molecule has 1 atom stereocenters. The van der Waals surface area contributed by atoms with Crippen LogP contribution in [0.3, 0.4) is 0 Å². The highest BCUT2D eigenvalue weighted by atomic mass is 16.5. The first-order valence-electron chi connectivity index (χ1n) is 11.6. The van der Waals surface area contributed by atoms with Gasteiger partial charge in [-0.2, -0.15) is 0 Å². The van der Waals surface area contributed by atoms with Crippen LogP contribution in [-0.2, 0) is 4.74 Å². The maximum atomic E-state index is 12.6. The highest BCUT2D eigenvalue weighted by Crippen LogP contribution is 2.41. The van der Waals surface area contributed by atoms with Crippen molar-refractivity contribution >= 4 is 11.7 Å². The zero-order valence-electron chi connectivity index (χ0n) is 20.0. The van der Waals surface area contributed by atoms with Crippen LogP contribution < -0.4 is 5.43 Å². The molecule has 1 aromatic rings. The second-order valence-corrected chi connectivity index (χ2v) is 9.86. The number of aromatic nitrogens is 1. The second kappa shape index (κ2) is 9.80. The molecule has 2 heterocycles. The average Bonchev–Trinajstić information content (AvgIpc) is 2.72. The van der Waals surface area contributed by atoms with Crippen molar-refractivity contribution in [3.05, 3.63) is 63.3 Å². The molecule has 0 saturated heterocycles. The fourth-order valence-corrected chi connectivity index (χ4v) is 4.46. The Morgan fingerprint density at radius 1 is 1.25 bits per heavy atom. The summed E-state index contributed by atoms with van der Waals surface area (Å²) in [5, 5.41) is 9.52. The zero-order valence-corrected chi connectivity index (χ0v) is 20.0. The summed E-state index contributed by atoms with van der Waals surface area (Å²) in [7, 11) is 2.04. The molecule has 6 nitrogen and oxygen atoms in total. The first-order valence-corrected chi connectivity index (χ1v) is 11.6. The number of ether oxygens (including phenoxy) is 1. The number of pyridine rings is 1. The lowest BCUT2D eigenvalue weighted by Gasteiger charge is -2.44. The number of carboxylic acids is 1. The number of unbranched alkanes of at least 4 members (excludes halogenated alkanes) is 3. The predicted octanol–water partition coefficient (Wildman–Crippen LogP) is 5.23. The lowest BCUT2D eigenvalue weighted by Crippen LogP contribution is -2.42. The molecule has 1 aromatic heterocycles. The molecule has 0 bridgehead atoms. The maximum Gasteiger partial charge on any atom is 0.341 e.